The van der Waals surface area contributed by atoms with Crippen LogP contribution in [-0.4, -0.2) is 22.1 Å². The first-order chi connectivity index (χ1) is 9.74. The lowest BCUT2D eigenvalue weighted by molar-refractivity contribution is 0.0919. The van der Waals surface area contributed by atoms with Crippen LogP contribution in [0.15, 0.2) is 24.4 Å². The molecule has 0 saturated heterocycles. The van der Waals surface area contributed by atoms with Crippen molar-refractivity contribution in [2.75, 3.05) is 0 Å². The first kappa shape index (κ1) is 13.2. The number of hydrogen-bond acceptors (Lipinski definition) is 2. The van der Waals surface area contributed by atoms with Gasteiger partial charge in [-0.3, -0.25) is 9.89 Å². The molecule has 0 bridgehead atoms. The molecule has 1 aromatic carbocycles. The van der Waals surface area contributed by atoms with Crippen molar-refractivity contribution in [3.05, 3.63) is 30.0 Å². The summed E-state index contributed by atoms with van der Waals surface area (Å²) in [5.74, 6) is 0.650. The molecule has 1 atom stereocenters. The van der Waals surface area contributed by atoms with E-state index in [1.807, 2.05) is 18.2 Å². The Morgan fingerprint density at radius 1 is 1.35 bits per heavy atom. The molecule has 20 heavy (non-hydrogen) atoms. The van der Waals surface area contributed by atoms with Gasteiger partial charge in [-0.15, -0.1) is 0 Å². The molecule has 4 heteroatoms. The van der Waals surface area contributed by atoms with Crippen LogP contribution in [0.5, 0.6) is 0 Å². The standard InChI is InChI=1S/C16H21N3O/c1-11(12-5-3-2-4-6-12)18-16(20)13-7-8-15-14(9-13)10-17-19-15/h7-12H,2-6H2,1H3,(H,17,19)(H,18,20). The Morgan fingerprint density at radius 3 is 2.95 bits per heavy atom. The summed E-state index contributed by atoms with van der Waals surface area (Å²) in [6.45, 7) is 2.13. The lowest BCUT2D eigenvalue weighted by atomic mass is 9.84. The van der Waals surface area contributed by atoms with Gasteiger partial charge in [0.15, 0.2) is 0 Å². The van der Waals surface area contributed by atoms with Crippen LogP contribution in [0.3, 0.4) is 0 Å². The number of benzene rings is 1. The number of rotatable bonds is 3. The van der Waals surface area contributed by atoms with Crippen LogP contribution in [0.25, 0.3) is 10.9 Å². The highest BCUT2D eigenvalue weighted by Gasteiger charge is 2.21. The molecular weight excluding hydrogens is 250 g/mol. The van der Waals surface area contributed by atoms with Crippen molar-refractivity contribution in [1.29, 1.82) is 0 Å². The van der Waals surface area contributed by atoms with E-state index >= 15 is 0 Å². The van der Waals surface area contributed by atoms with Gasteiger partial charge >= 0.3 is 0 Å². The van der Waals surface area contributed by atoms with Crippen LogP contribution in [0, 0.1) is 5.92 Å². The topological polar surface area (TPSA) is 57.8 Å². The molecule has 1 unspecified atom stereocenters. The molecule has 0 spiro atoms. The average molecular weight is 271 g/mol. The minimum Gasteiger partial charge on any atom is -0.349 e. The van der Waals surface area contributed by atoms with Gasteiger partial charge in [0.2, 0.25) is 0 Å². The molecule has 1 saturated carbocycles. The van der Waals surface area contributed by atoms with Gasteiger partial charge in [0.25, 0.3) is 5.91 Å². The second kappa shape index (κ2) is 5.65. The van der Waals surface area contributed by atoms with Crippen LogP contribution in [-0.2, 0) is 0 Å². The van der Waals surface area contributed by atoms with Gasteiger partial charge < -0.3 is 5.32 Å². The van der Waals surface area contributed by atoms with Crippen molar-refractivity contribution in [3.8, 4) is 0 Å². The zero-order valence-corrected chi connectivity index (χ0v) is 11.9. The van der Waals surface area contributed by atoms with Gasteiger partial charge in [0.1, 0.15) is 0 Å². The van der Waals surface area contributed by atoms with E-state index in [1.165, 1.54) is 32.1 Å². The summed E-state index contributed by atoms with van der Waals surface area (Å²) in [4.78, 5) is 12.3. The van der Waals surface area contributed by atoms with Crippen LogP contribution >= 0.6 is 0 Å². The molecule has 2 N–H and O–H groups in total. The van der Waals surface area contributed by atoms with Gasteiger partial charge in [-0.05, 0) is 43.9 Å². The largest absolute Gasteiger partial charge is 0.349 e. The van der Waals surface area contributed by atoms with E-state index in [0.29, 0.717) is 11.5 Å². The molecule has 1 aliphatic carbocycles. The fourth-order valence-electron chi connectivity index (χ4n) is 3.13. The van der Waals surface area contributed by atoms with Crippen molar-refractivity contribution in [3.63, 3.8) is 0 Å². The molecule has 1 aromatic heterocycles. The summed E-state index contributed by atoms with van der Waals surface area (Å²) in [5.41, 5.74) is 1.67. The Hall–Kier alpha value is -1.84. The molecule has 1 amide bonds. The first-order valence-corrected chi connectivity index (χ1v) is 7.48. The number of amides is 1. The summed E-state index contributed by atoms with van der Waals surface area (Å²) in [7, 11) is 0. The lowest BCUT2D eigenvalue weighted by Crippen LogP contribution is -2.38. The number of nitrogens with zero attached hydrogens (tertiary/aromatic N) is 1. The summed E-state index contributed by atoms with van der Waals surface area (Å²) in [6.07, 6.45) is 8.16. The third-order valence-corrected chi connectivity index (χ3v) is 4.42. The van der Waals surface area contributed by atoms with E-state index in [1.54, 1.807) is 6.20 Å². The molecule has 0 aliphatic heterocycles. The first-order valence-electron chi connectivity index (χ1n) is 7.48. The minimum atomic E-state index is 0.0196. The molecule has 2 aromatic rings. The van der Waals surface area contributed by atoms with Crippen molar-refractivity contribution < 1.29 is 4.79 Å². The third kappa shape index (κ3) is 2.69. The van der Waals surface area contributed by atoms with E-state index in [4.69, 9.17) is 0 Å². The molecule has 1 aliphatic rings. The summed E-state index contributed by atoms with van der Waals surface area (Å²) in [6, 6.07) is 5.90. The molecule has 1 fully saturated rings. The Balaban J connectivity index is 1.68. The van der Waals surface area contributed by atoms with E-state index in [0.717, 1.165) is 10.9 Å². The number of hydrogen-bond donors (Lipinski definition) is 2. The molecule has 0 radical (unpaired) electrons. The SMILES string of the molecule is CC(NC(=O)c1ccc2[nH]ncc2c1)C1CCCCC1. The van der Waals surface area contributed by atoms with Gasteiger partial charge in [-0.25, -0.2) is 0 Å². The van der Waals surface area contributed by atoms with E-state index < -0.39 is 0 Å². The lowest BCUT2D eigenvalue weighted by Gasteiger charge is -2.28. The summed E-state index contributed by atoms with van der Waals surface area (Å²) in [5, 5.41) is 11.0. The number of fused-ring (bicyclic) bond motifs is 1. The number of aromatic nitrogens is 2. The highest BCUT2D eigenvalue weighted by Crippen LogP contribution is 2.26. The summed E-state index contributed by atoms with van der Waals surface area (Å²) >= 11 is 0. The van der Waals surface area contributed by atoms with Crippen molar-refractivity contribution >= 4 is 16.8 Å². The van der Waals surface area contributed by atoms with Crippen LogP contribution < -0.4 is 5.32 Å². The van der Waals surface area contributed by atoms with Crippen molar-refractivity contribution in [2.45, 2.75) is 45.1 Å². The average Bonchev–Trinajstić information content (AvgIpc) is 2.95. The zero-order chi connectivity index (χ0) is 13.9. The van der Waals surface area contributed by atoms with Crippen molar-refractivity contribution in [2.24, 2.45) is 5.92 Å². The maximum absolute atomic E-state index is 12.3. The molecule has 4 nitrogen and oxygen atoms in total. The third-order valence-electron chi connectivity index (χ3n) is 4.42. The Labute approximate surface area is 119 Å². The maximum atomic E-state index is 12.3. The molecule has 1 heterocycles. The maximum Gasteiger partial charge on any atom is 0.251 e. The van der Waals surface area contributed by atoms with Crippen LogP contribution in [0.4, 0.5) is 0 Å². The van der Waals surface area contributed by atoms with E-state index in [-0.39, 0.29) is 11.9 Å². The van der Waals surface area contributed by atoms with Gasteiger partial charge in [-0.2, -0.15) is 5.10 Å². The Morgan fingerprint density at radius 2 is 2.15 bits per heavy atom. The van der Waals surface area contributed by atoms with E-state index in [9.17, 15) is 4.79 Å². The second-order valence-corrected chi connectivity index (χ2v) is 5.83. The quantitative estimate of drug-likeness (QED) is 0.900. The Kier molecular flexibility index (Phi) is 3.72. The fourth-order valence-corrected chi connectivity index (χ4v) is 3.13. The van der Waals surface area contributed by atoms with Crippen LogP contribution in [0.2, 0.25) is 0 Å². The predicted octanol–water partition coefficient (Wildman–Crippen LogP) is 3.26. The fraction of sp³-hybridized carbons (Fsp3) is 0.500. The number of carbonyl (C=O) groups is 1. The normalized spacial score (nSPS) is 18.1. The zero-order valence-electron chi connectivity index (χ0n) is 11.9. The highest BCUT2D eigenvalue weighted by atomic mass is 16.1. The van der Waals surface area contributed by atoms with Crippen molar-refractivity contribution in [1.82, 2.24) is 15.5 Å². The summed E-state index contributed by atoms with van der Waals surface area (Å²) < 4.78 is 0. The predicted molar refractivity (Wildman–Crippen MR) is 79.6 cm³/mol. The number of H-pyrrole nitrogens is 1. The molecule has 3 rings (SSSR count). The number of nitrogens with one attached hydrogen (secondary N) is 2. The number of carbonyl (C=O) groups excluding carboxylic acids is 1. The highest BCUT2D eigenvalue weighted by molar-refractivity contribution is 5.97. The van der Waals surface area contributed by atoms with Crippen LogP contribution in [0.1, 0.15) is 49.4 Å². The molecule has 106 valence electrons. The van der Waals surface area contributed by atoms with Gasteiger partial charge in [-0.1, -0.05) is 19.3 Å². The smallest absolute Gasteiger partial charge is 0.251 e. The van der Waals surface area contributed by atoms with E-state index in [2.05, 4.69) is 22.4 Å². The second-order valence-electron chi connectivity index (χ2n) is 5.83. The minimum absolute atomic E-state index is 0.0196. The monoisotopic (exact) mass is 271 g/mol. The van der Waals surface area contributed by atoms with Gasteiger partial charge in [0.05, 0.1) is 11.7 Å². The molecular formula is C16H21N3O. The number of aromatic amines is 1. The Bertz CT molecular complexity index is 599. The van der Waals surface area contributed by atoms with Gasteiger partial charge in [0, 0.05) is 17.0 Å².